The topological polar surface area (TPSA) is 45.6 Å². The molecule has 1 aliphatic rings. The van der Waals surface area contributed by atoms with E-state index < -0.39 is 0 Å². The molecule has 0 aliphatic carbocycles. The molecule has 4 heteroatoms. The monoisotopic (exact) mass is 298 g/mol. The van der Waals surface area contributed by atoms with Crippen LogP contribution >= 0.6 is 0 Å². The number of methoxy groups -OCH3 is 1. The third-order valence-corrected chi connectivity index (χ3v) is 4.36. The van der Waals surface area contributed by atoms with E-state index in [2.05, 4.69) is 16.0 Å². The van der Waals surface area contributed by atoms with Gasteiger partial charge in [-0.1, -0.05) is 24.6 Å². The van der Waals surface area contributed by atoms with Crippen LogP contribution in [0, 0.1) is 0 Å². The van der Waals surface area contributed by atoms with Crippen LogP contribution in [-0.4, -0.2) is 28.6 Å². The van der Waals surface area contributed by atoms with Gasteiger partial charge < -0.3 is 9.84 Å². The minimum atomic E-state index is 0.250. The van der Waals surface area contributed by atoms with Gasteiger partial charge in [0.15, 0.2) is 11.5 Å². The fraction of sp³-hybridized carbons (Fsp3) is 0.389. The third kappa shape index (κ3) is 3.07. The largest absolute Gasteiger partial charge is 0.504 e. The van der Waals surface area contributed by atoms with E-state index in [1.165, 1.54) is 18.4 Å². The van der Waals surface area contributed by atoms with Crippen LogP contribution in [0.1, 0.15) is 36.4 Å². The van der Waals surface area contributed by atoms with Gasteiger partial charge in [0.1, 0.15) is 0 Å². The number of hydrogen-bond donors (Lipinski definition) is 1. The van der Waals surface area contributed by atoms with E-state index in [1.54, 1.807) is 13.2 Å². The van der Waals surface area contributed by atoms with Crippen molar-refractivity contribution in [1.82, 2.24) is 9.88 Å². The molecule has 1 aromatic heterocycles. The van der Waals surface area contributed by atoms with Gasteiger partial charge in [-0.25, -0.2) is 0 Å². The van der Waals surface area contributed by atoms with Crippen LogP contribution in [0.25, 0.3) is 0 Å². The summed E-state index contributed by atoms with van der Waals surface area (Å²) in [5, 5.41) is 10.3. The summed E-state index contributed by atoms with van der Waals surface area (Å²) < 4.78 is 5.21. The number of likely N-dealkylation sites (tertiary alicyclic amines) is 1. The number of nitrogens with zero attached hydrogens (tertiary/aromatic N) is 2. The van der Waals surface area contributed by atoms with Crippen molar-refractivity contribution in [2.75, 3.05) is 13.7 Å². The lowest BCUT2D eigenvalue weighted by atomic mass is 9.95. The van der Waals surface area contributed by atoms with Crippen LogP contribution < -0.4 is 4.74 Å². The lowest BCUT2D eigenvalue weighted by Gasteiger charge is -2.36. The van der Waals surface area contributed by atoms with Crippen molar-refractivity contribution in [2.24, 2.45) is 0 Å². The Hall–Kier alpha value is -2.07. The maximum atomic E-state index is 10.3. The number of para-hydroxylation sites is 1. The first kappa shape index (κ1) is 14.9. The number of phenols is 1. The van der Waals surface area contributed by atoms with Crippen LogP contribution in [0.5, 0.6) is 11.5 Å². The first-order valence-corrected chi connectivity index (χ1v) is 7.78. The molecule has 0 saturated carbocycles. The molecule has 116 valence electrons. The Bertz CT molecular complexity index is 616. The Balaban J connectivity index is 1.83. The molecule has 1 atom stereocenters. The molecule has 0 radical (unpaired) electrons. The van der Waals surface area contributed by atoms with Crippen molar-refractivity contribution in [3.05, 3.63) is 53.9 Å². The highest BCUT2D eigenvalue weighted by molar-refractivity contribution is 5.45. The van der Waals surface area contributed by atoms with Gasteiger partial charge in [0, 0.05) is 30.5 Å². The van der Waals surface area contributed by atoms with E-state index in [-0.39, 0.29) is 5.75 Å². The summed E-state index contributed by atoms with van der Waals surface area (Å²) in [7, 11) is 1.58. The molecule has 0 amide bonds. The summed E-state index contributed by atoms with van der Waals surface area (Å²) in [5.74, 6) is 0.785. The molecule has 2 aromatic rings. The van der Waals surface area contributed by atoms with Gasteiger partial charge in [-0.05, 0) is 37.1 Å². The maximum Gasteiger partial charge on any atom is 0.162 e. The lowest BCUT2D eigenvalue weighted by Crippen LogP contribution is -2.33. The van der Waals surface area contributed by atoms with E-state index in [1.807, 2.05) is 30.6 Å². The van der Waals surface area contributed by atoms with E-state index in [9.17, 15) is 5.11 Å². The highest BCUT2D eigenvalue weighted by atomic mass is 16.5. The maximum absolute atomic E-state index is 10.3. The van der Waals surface area contributed by atoms with Gasteiger partial charge in [0.2, 0.25) is 0 Å². The average Bonchev–Trinajstić information content (AvgIpc) is 2.58. The fourth-order valence-electron chi connectivity index (χ4n) is 3.21. The number of aromatic nitrogens is 1. The van der Waals surface area contributed by atoms with Crippen molar-refractivity contribution in [1.29, 1.82) is 0 Å². The highest BCUT2D eigenvalue weighted by Gasteiger charge is 2.25. The number of benzene rings is 1. The van der Waals surface area contributed by atoms with Gasteiger partial charge in [-0.2, -0.15) is 0 Å². The smallest absolute Gasteiger partial charge is 0.162 e. The molecule has 22 heavy (non-hydrogen) atoms. The number of pyridine rings is 1. The van der Waals surface area contributed by atoms with Crippen molar-refractivity contribution in [3.63, 3.8) is 0 Å². The highest BCUT2D eigenvalue weighted by Crippen LogP contribution is 2.35. The van der Waals surface area contributed by atoms with Crippen LogP contribution in [0.15, 0.2) is 42.7 Å². The summed E-state index contributed by atoms with van der Waals surface area (Å²) in [6.45, 7) is 1.76. The standard InChI is InChI=1S/C18H22N2O2/c1-22-17-9-4-6-15(18(17)21)13-20-11-3-2-8-16(20)14-7-5-10-19-12-14/h4-7,9-10,12,16,21H,2-3,8,11,13H2,1H3. The Labute approximate surface area is 131 Å². The SMILES string of the molecule is COc1cccc(CN2CCCCC2c2cccnc2)c1O. The van der Waals surface area contributed by atoms with Gasteiger partial charge in [0.25, 0.3) is 0 Å². The minimum Gasteiger partial charge on any atom is -0.504 e. The molecule has 4 nitrogen and oxygen atoms in total. The van der Waals surface area contributed by atoms with Gasteiger partial charge in [-0.3, -0.25) is 9.88 Å². The molecule has 2 heterocycles. The second-order valence-corrected chi connectivity index (χ2v) is 5.74. The average molecular weight is 298 g/mol. The number of hydrogen-bond acceptors (Lipinski definition) is 4. The number of piperidine rings is 1. The van der Waals surface area contributed by atoms with E-state index in [0.29, 0.717) is 11.8 Å². The molecule has 1 fully saturated rings. The zero-order valence-electron chi connectivity index (χ0n) is 12.9. The normalized spacial score (nSPS) is 19.0. The summed E-state index contributed by atoms with van der Waals surface area (Å²) >= 11 is 0. The second kappa shape index (κ2) is 6.79. The predicted octanol–water partition coefficient (Wildman–Crippen LogP) is 3.52. The van der Waals surface area contributed by atoms with E-state index in [4.69, 9.17) is 4.74 Å². The van der Waals surface area contributed by atoms with Crippen LogP contribution in [-0.2, 0) is 6.54 Å². The quantitative estimate of drug-likeness (QED) is 0.938. The van der Waals surface area contributed by atoms with Crippen LogP contribution in [0.4, 0.5) is 0 Å². The van der Waals surface area contributed by atoms with Crippen molar-refractivity contribution in [3.8, 4) is 11.5 Å². The van der Waals surface area contributed by atoms with Crippen molar-refractivity contribution in [2.45, 2.75) is 31.8 Å². The fourth-order valence-corrected chi connectivity index (χ4v) is 3.21. The van der Waals surface area contributed by atoms with Gasteiger partial charge in [0.05, 0.1) is 7.11 Å². The van der Waals surface area contributed by atoms with Gasteiger partial charge in [-0.15, -0.1) is 0 Å². The molecule has 1 unspecified atom stereocenters. The molecule has 0 bridgehead atoms. The molecular weight excluding hydrogens is 276 g/mol. The zero-order chi connectivity index (χ0) is 15.4. The second-order valence-electron chi connectivity index (χ2n) is 5.74. The Morgan fingerprint density at radius 3 is 2.95 bits per heavy atom. The summed E-state index contributed by atoms with van der Waals surface area (Å²) in [6, 6.07) is 10.2. The molecule has 1 N–H and O–H groups in total. The summed E-state index contributed by atoms with van der Waals surface area (Å²) in [6.07, 6.45) is 7.33. The molecular formula is C18H22N2O2. The Kier molecular flexibility index (Phi) is 4.59. The lowest BCUT2D eigenvalue weighted by molar-refractivity contribution is 0.138. The predicted molar refractivity (Wildman–Crippen MR) is 85.9 cm³/mol. The molecule has 1 saturated heterocycles. The Morgan fingerprint density at radius 1 is 1.27 bits per heavy atom. The molecule has 0 spiro atoms. The van der Waals surface area contributed by atoms with E-state index >= 15 is 0 Å². The number of aromatic hydroxyl groups is 1. The van der Waals surface area contributed by atoms with E-state index in [0.717, 1.165) is 25.1 Å². The van der Waals surface area contributed by atoms with Crippen LogP contribution in [0.3, 0.4) is 0 Å². The zero-order valence-corrected chi connectivity index (χ0v) is 12.9. The van der Waals surface area contributed by atoms with Crippen molar-refractivity contribution < 1.29 is 9.84 Å². The summed E-state index contributed by atoms with van der Waals surface area (Å²) in [4.78, 5) is 6.68. The third-order valence-electron chi connectivity index (χ3n) is 4.36. The molecule has 3 rings (SSSR count). The van der Waals surface area contributed by atoms with Crippen LogP contribution in [0.2, 0.25) is 0 Å². The van der Waals surface area contributed by atoms with Gasteiger partial charge >= 0.3 is 0 Å². The minimum absolute atomic E-state index is 0.250. The number of rotatable bonds is 4. The molecule has 1 aliphatic heterocycles. The molecule has 1 aromatic carbocycles. The van der Waals surface area contributed by atoms with Crippen molar-refractivity contribution >= 4 is 0 Å². The first-order chi connectivity index (χ1) is 10.8. The number of phenolic OH excluding ortho intramolecular Hbond substituents is 1. The number of ether oxygens (including phenoxy) is 1. The summed E-state index contributed by atoms with van der Waals surface area (Å²) in [5.41, 5.74) is 2.17. The first-order valence-electron chi connectivity index (χ1n) is 7.78. The Morgan fingerprint density at radius 2 is 2.18 bits per heavy atom.